The second-order valence-electron chi connectivity index (χ2n) is 8.04. The van der Waals surface area contributed by atoms with Gasteiger partial charge in [0.05, 0.1) is 0 Å². The summed E-state index contributed by atoms with van der Waals surface area (Å²) in [6.07, 6.45) is 13.8. The van der Waals surface area contributed by atoms with Gasteiger partial charge >= 0.3 is 0 Å². The van der Waals surface area contributed by atoms with E-state index in [1.807, 2.05) is 18.3 Å². The van der Waals surface area contributed by atoms with Crippen molar-refractivity contribution in [1.29, 1.82) is 0 Å². The minimum atomic E-state index is 0.611. The maximum absolute atomic E-state index is 4.48. The lowest BCUT2D eigenvalue weighted by molar-refractivity contribution is 0.149. The topological polar surface area (TPSA) is 33.1 Å². The molecule has 4 nitrogen and oxygen atoms in total. The van der Waals surface area contributed by atoms with Gasteiger partial charge in [-0.3, -0.25) is 0 Å². The van der Waals surface area contributed by atoms with Crippen LogP contribution in [-0.4, -0.2) is 40.1 Å². The molecule has 0 radical (unpaired) electrons. The molecule has 1 aliphatic carbocycles. The van der Waals surface area contributed by atoms with Crippen molar-refractivity contribution in [2.75, 3.05) is 19.6 Å². The molecule has 0 amide bonds. The molecule has 2 aromatic rings. The number of aromatic nitrogens is 2. The van der Waals surface area contributed by atoms with Crippen LogP contribution >= 0.6 is 0 Å². The van der Waals surface area contributed by atoms with Gasteiger partial charge in [-0.05, 0) is 62.4 Å². The number of likely N-dealkylation sites (tertiary alicyclic amines) is 1. The third-order valence-corrected chi connectivity index (χ3v) is 6.05. The molecule has 1 saturated carbocycles. The van der Waals surface area contributed by atoms with Gasteiger partial charge in [-0.15, -0.1) is 0 Å². The number of piperidine rings is 1. The van der Waals surface area contributed by atoms with Crippen molar-refractivity contribution in [3.05, 3.63) is 48.4 Å². The quantitative estimate of drug-likeness (QED) is 0.853. The molecule has 1 N–H and O–H groups in total. The Bertz CT molecular complexity index is 660. The van der Waals surface area contributed by atoms with E-state index >= 15 is 0 Å². The molecule has 1 aliphatic heterocycles. The Morgan fingerprint density at radius 3 is 2.77 bits per heavy atom. The molecule has 0 aromatic carbocycles. The standard InChI is InChI=1S/C22H32N4/c1-2-8-19(9-3-1)17-25-14-6-10-20(18-25)24-16-21-11-7-15-26(21)22-12-4-5-13-23-22/h4-5,7,11-13,15,19-20,24H,1-3,6,8-10,14,16-18H2. The average Bonchev–Trinajstić information content (AvgIpc) is 3.17. The highest BCUT2D eigenvalue weighted by molar-refractivity contribution is 5.27. The Labute approximate surface area is 157 Å². The summed E-state index contributed by atoms with van der Waals surface area (Å²) in [5, 5.41) is 3.81. The van der Waals surface area contributed by atoms with Crippen molar-refractivity contribution in [2.24, 2.45) is 5.92 Å². The molecule has 3 heterocycles. The number of hydrogen-bond donors (Lipinski definition) is 1. The molecule has 2 aliphatic rings. The maximum Gasteiger partial charge on any atom is 0.136 e. The lowest BCUT2D eigenvalue weighted by Crippen LogP contribution is -2.47. The van der Waals surface area contributed by atoms with E-state index in [-0.39, 0.29) is 0 Å². The van der Waals surface area contributed by atoms with E-state index in [0.717, 1.165) is 18.3 Å². The summed E-state index contributed by atoms with van der Waals surface area (Å²) in [7, 11) is 0. The average molecular weight is 353 g/mol. The van der Waals surface area contributed by atoms with Gasteiger partial charge in [0.2, 0.25) is 0 Å². The van der Waals surface area contributed by atoms with Crippen LogP contribution in [0.25, 0.3) is 5.82 Å². The molecule has 2 aromatic heterocycles. The lowest BCUT2D eigenvalue weighted by atomic mass is 9.88. The van der Waals surface area contributed by atoms with Gasteiger partial charge < -0.3 is 14.8 Å². The fourth-order valence-electron chi connectivity index (χ4n) is 4.65. The van der Waals surface area contributed by atoms with E-state index in [1.54, 1.807) is 0 Å². The molecule has 26 heavy (non-hydrogen) atoms. The molecule has 0 bridgehead atoms. The van der Waals surface area contributed by atoms with E-state index < -0.39 is 0 Å². The van der Waals surface area contributed by atoms with E-state index in [9.17, 15) is 0 Å². The Balaban J connectivity index is 1.30. The molecule has 1 atom stereocenters. The van der Waals surface area contributed by atoms with Crippen molar-refractivity contribution in [1.82, 2.24) is 19.8 Å². The third kappa shape index (κ3) is 4.54. The zero-order valence-electron chi connectivity index (χ0n) is 15.8. The summed E-state index contributed by atoms with van der Waals surface area (Å²) in [6, 6.07) is 11.0. The first-order chi connectivity index (χ1) is 12.9. The largest absolute Gasteiger partial charge is 0.307 e. The van der Waals surface area contributed by atoms with Gasteiger partial charge in [0, 0.05) is 43.8 Å². The van der Waals surface area contributed by atoms with E-state index in [4.69, 9.17) is 0 Å². The highest BCUT2D eigenvalue weighted by Crippen LogP contribution is 2.25. The van der Waals surface area contributed by atoms with Gasteiger partial charge in [0.15, 0.2) is 0 Å². The molecule has 0 spiro atoms. The number of pyridine rings is 1. The van der Waals surface area contributed by atoms with Gasteiger partial charge in [0.25, 0.3) is 0 Å². The van der Waals surface area contributed by atoms with Crippen LogP contribution in [0.2, 0.25) is 0 Å². The zero-order chi connectivity index (χ0) is 17.6. The second kappa shape index (κ2) is 8.83. The van der Waals surface area contributed by atoms with Crippen molar-refractivity contribution < 1.29 is 0 Å². The Morgan fingerprint density at radius 1 is 1.00 bits per heavy atom. The summed E-state index contributed by atoms with van der Waals surface area (Å²) >= 11 is 0. The fraction of sp³-hybridized carbons (Fsp3) is 0.591. The van der Waals surface area contributed by atoms with Gasteiger partial charge in [-0.1, -0.05) is 25.3 Å². The first kappa shape index (κ1) is 17.7. The van der Waals surface area contributed by atoms with Crippen LogP contribution in [-0.2, 0) is 6.54 Å². The van der Waals surface area contributed by atoms with Crippen molar-refractivity contribution in [2.45, 2.75) is 57.5 Å². The molecule has 1 unspecified atom stereocenters. The highest BCUT2D eigenvalue weighted by Gasteiger charge is 2.23. The Kier molecular flexibility index (Phi) is 6.03. The number of nitrogens with one attached hydrogen (secondary N) is 1. The van der Waals surface area contributed by atoms with Crippen LogP contribution in [0.4, 0.5) is 0 Å². The van der Waals surface area contributed by atoms with Crippen molar-refractivity contribution in [3.8, 4) is 5.82 Å². The summed E-state index contributed by atoms with van der Waals surface area (Å²) in [5.74, 6) is 1.95. The van der Waals surface area contributed by atoms with Crippen LogP contribution in [0.3, 0.4) is 0 Å². The van der Waals surface area contributed by atoms with Gasteiger partial charge in [-0.25, -0.2) is 4.98 Å². The van der Waals surface area contributed by atoms with Crippen molar-refractivity contribution in [3.63, 3.8) is 0 Å². The minimum Gasteiger partial charge on any atom is -0.307 e. The second-order valence-corrected chi connectivity index (χ2v) is 8.04. The Morgan fingerprint density at radius 2 is 1.92 bits per heavy atom. The smallest absolute Gasteiger partial charge is 0.136 e. The molecular weight excluding hydrogens is 320 g/mol. The van der Waals surface area contributed by atoms with Gasteiger partial charge in [-0.2, -0.15) is 0 Å². The summed E-state index contributed by atoms with van der Waals surface area (Å²) in [6.45, 7) is 4.73. The predicted octanol–water partition coefficient (Wildman–Crippen LogP) is 4.01. The maximum atomic E-state index is 4.48. The van der Waals surface area contributed by atoms with Gasteiger partial charge in [0.1, 0.15) is 5.82 Å². The summed E-state index contributed by atoms with van der Waals surface area (Å²) < 4.78 is 2.19. The van der Waals surface area contributed by atoms with Crippen LogP contribution in [0.5, 0.6) is 0 Å². The molecule has 1 saturated heterocycles. The van der Waals surface area contributed by atoms with Crippen molar-refractivity contribution >= 4 is 0 Å². The molecule has 2 fully saturated rings. The summed E-state index contributed by atoms with van der Waals surface area (Å²) in [4.78, 5) is 7.20. The minimum absolute atomic E-state index is 0.611. The Hall–Kier alpha value is -1.65. The number of rotatable bonds is 6. The van der Waals surface area contributed by atoms with E-state index in [0.29, 0.717) is 6.04 Å². The van der Waals surface area contributed by atoms with E-state index in [2.05, 4.69) is 44.2 Å². The first-order valence-corrected chi connectivity index (χ1v) is 10.4. The third-order valence-electron chi connectivity index (χ3n) is 6.05. The number of nitrogens with zero attached hydrogens (tertiary/aromatic N) is 3. The molecule has 4 heteroatoms. The van der Waals surface area contributed by atoms with Crippen LogP contribution < -0.4 is 5.32 Å². The molecular formula is C22H32N4. The van der Waals surface area contributed by atoms with E-state index in [1.165, 1.54) is 70.3 Å². The zero-order valence-corrected chi connectivity index (χ0v) is 15.8. The lowest BCUT2D eigenvalue weighted by Gasteiger charge is -2.36. The normalized spacial score (nSPS) is 22.5. The first-order valence-electron chi connectivity index (χ1n) is 10.4. The van der Waals surface area contributed by atoms with Crippen LogP contribution in [0.1, 0.15) is 50.6 Å². The highest BCUT2D eigenvalue weighted by atomic mass is 15.2. The summed E-state index contributed by atoms with van der Waals surface area (Å²) in [5.41, 5.74) is 1.29. The molecule has 140 valence electrons. The monoisotopic (exact) mass is 352 g/mol. The predicted molar refractivity (Wildman–Crippen MR) is 106 cm³/mol. The van der Waals surface area contributed by atoms with Crippen LogP contribution in [0, 0.1) is 5.92 Å². The van der Waals surface area contributed by atoms with Crippen LogP contribution in [0.15, 0.2) is 42.7 Å². The SMILES string of the molecule is c1ccc(-n2cccc2CNC2CCCN(CC3CCCCC3)C2)nc1. The molecule has 4 rings (SSSR count). The number of hydrogen-bond acceptors (Lipinski definition) is 3. The fourth-order valence-corrected chi connectivity index (χ4v) is 4.65.